The molecule has 0 aromatic heterocycles. The van der Waals surface area contributed by atoms with Gasteiger partial charge < -0.3 is 10.1 Å². The third-order valence-electron chi connectivity index (χ3n) is 2.95. The fourth-order valence-electron chi connectivity index (χ4n) is 1.93. The molecule has 3 nitrogen and oxygen atoms in total. The van der Waals surface area contributed by atoms with Crippen molar-refractivity contribution in [1.29, 1.82) is 0 Å². The molecule has 1 aromatic carbocycles. The zero-order valence-corrected chi connectivity index (χ0v) is 11.4. The molecule has 2 unspecified atom stereocenters. The molecule has 0 spiro atoms. The van der Waals surface area contributed by atoms with Crippen LogP contribution in [0.4, 0.5) is 8.78 Å². The number of ether oxygens (including phenoxy) is 1. The van der Waals surface area contributed by atoms with Gasteiger partial charge in [-0.15, -0.1) is 0 Å². The van der Waals surface area contributed by atoms with Gasteiger partial charge in [-0.05, 0) is 31.9 Å². The molecule has 1 aromatic rings. The predicted octanol–water partition coefficient (Wildman–Crippen LogP) is 2.44. The van der Waals surface area contributed by atoms with Crippen molar-refractivity contribution in [3.05, 3.63) is 35.4 Å². The zero-order chi connectivity index (χ0) is 14.4. The first-order chi connectivity index (χ1) is 8.99. The summed E-state index contributed by atoms with van der Waals surface area (Å²) in [6.45, 7) is 3.61. The van der Waals surface area contributed by atoms with Crippen molar-refractivity contribution in [3.8, 4) is 0 Å². The molecule has 0 saturated carbocycles. The van der Waals surface area contributed by atoms with Crippen molar-refractivity contribution >= 4 is 5.97 Å². The second kappa shape index (κ2) is 7.19. The van der Waals surface area contributed by atoms with Gasteiger partial charge in [0.05, 0.1) is 7.11 Å². The van der Waals surface area contributed by atoms with E-state index in [4.69, 9.17) is 0 Å². The summed E-state index contributed by atoms with van der Waals surface area (Å²) in [4.78, 5) is 11.4. The summed E-state index contributed by atoms with van der Waals surface area (Å²) < 4.78 is 31.6. The predicted molar refractivity (Wildman–Crippen MR) is 68.8 cm³/mol. The van der Waals surface area contributed by atoms with Crippen molar-refractivity contribution in [2.75, 3.05) is 7.11 Å². The Kier molecular flexibility index (Phi) is 5.89. The molecular weight excluding hydrogens is 252 g/mol. The summed E-state index contributed by atoms with van der Waals surface area (Å²) in [7, 11) is 1.31. The van der Waals surface area contributed by atoms with Crippen molar-refractivity contribution in [2.24, 2.45) is 0 Å². The van der Waals surface area contributed by atoms with Crippen molar-refractivity contribution in [1.82, 2.24) is 5.32 Å². The van der Waals surface area contributed by atoms with Gasteiger partial charge in [0.1, 0.15) is 17.7 Å². The molecule has 0 heterocycles. The molecule has 0 saturated heterocycles. The first-order valence-electron chi connectivity index (χ1n) is 6.26. The number of esters is 1. The van der Waals surface area contributed by atoms with E-state index in [1.54, 1.807) is 6.92 Å². The summed E-state index contributed by atoms with van der Waals surface area (Å²) in [6, 6.07) is 3.08. The van der Waals surface area contributed by atoms with E-state index in [-0.39, 0.29) is 24.0 Å². The van der Waals surface area contributed by atoms with Gasteiger partial charge in [-0.1, -0.05) is 13.0 Å². The molecule has 2 atom stereocenters. The quantitative estimate of drug-likeness (QED) is 0.808. The highest BCUT2D eigenvalue weighted by atomic mass is 19.1. The van der Waals surface area contributed by atoms with Crippen LogP contribution in [0.15, 0.2) is 18.2 Å². The Morgan fingerprint density at radius 1 is 1.37 bits per heavy atom. The van der Waals surface area contributed by atoms with Crippen LogP contribution in [-0.2, 0) is 16.0 Å². The minimum Gasteiger partial charge on any atom is -0.468 e. The normalized spacial score (nSPS) is 13.9. The van der Waals surface area contributed by atoms with E-state index in [0.717, 1.165) is 0 Å². The SMILES string of the molecule is CCC(NC(C)Cc1c(F)cccc1F)C(=O)OC. The Balaban J connectivity index is 2.69. The number of nitrogens with one attached hydrogen (secondary N) is 1. The Morgan fingerprint density at radius 2 is 1.95 bits per heavy atom. The van der Waals surface area contributed by atoms with Gasteiger partial charge in [0, 0.05) is 11.6 Å². The lowest BCUT2D eigenvalue weighted by molar-refractivity contribution is -0.143. The number of hydrogen-bond acceptors (Lipinski definition) is 3. The van der Waals surface area contributed by atoms with Gasteiger partial charge in [0.2, 0.25) is 0 Å². The van der Waals surface area contributed by atoms with Gasteiger partial charge in [0.25, 0.3) is 0 Å². The van der Waals surface area contributed by atoms with Crippen LogP contribution in [0.5, 0.6) is 0 Å². The van der Waals surface area contributed by atoms with Crippen LogP contribution < -0.4 is 5.32 Å². The standard InChI is InChI=1S/C14H19F2NO2/c1-4-13(14(18)19-3)17-9(2)8-10-11(15)6-5-7-12(10)16/h5-7,9,13,17H,4,8H2,1-3H3. The van der Waals surface area contributed by atoms with Gasteiger partial charge in [0.15, 0.2) is 0 Å². The van der Waals surface area contributed by atoms with Gasteiger partial charge in [-0.25, -0.2) is 8.78 Å². The maximum atomic E-state index is 13.5. The molecule has 19 heavy (non-hydrogen) atoms. The highest BCUT2D eigenvalue weighted by Gasteiger charge is 2.20. The molecule has 1 N–H and O–H groups in total. The fourth-order valence-corrected chi connectivity index (χ4v) is 1.93. The Bertz CT molecular complexity index is 417. The van der Waals surface area contributed by atoms with E-state index in [1.807, 2.05) is 6.92 Å². The van der Waals surface area contributed by atoms with Crippen LogP contribution in [0.25, 0.3) is 0 Å². The molecule has 0 aliphatic carbocycles. The Hall–Kier alpha value is -1.49. The minimum atomic E-state index is -0.570. The first-order valence-corrected chi connectivity index (χ1v) is 6.26. The van der Waals surface area contributed by atoms with Crippen LogP contribution in [0.3, 0.4) is 0 Å². The van der Waals surface area contributed by atoms with E-state index in [0.29, 0.717) is 6.42 Å². The zero-order valence-electron chi connectivity index (χ0n) is 11.4. The smallest absolute Gasteiger partial charge is 0.322 e. The number of carbonyl (C=O) groups is 1. The number of hydrogen-bond donors (Lipinski definition) is 1. The number of rotatable bonds is 6. The fraction of sp³-hybridized carbons (Fsp3) is 0.500. The highest BCUT2D eigenvalue weighted by molar-refractivity contribution is 5.75. The molecule has 0 bridgehead atoms. The summed E-state index contributed by atoms with van der Waals surface area (Å²) in [6.07, 6.45) is 0.725. The van der Waals surface area contributed by atoms with E-state index < -0.39 is 17.7 Å². The lowest BCUT2D eigenvalue weighted by atomic mass is 10.0. The maximum absolute atomic E-state index is 13.5. The molecule has 5 heteroatoms. The van der Waals surface area contributed by atoms with Crippen LogP contribution in [0, 0.1) is 11.6 Å². The van der Waals surface area contributed by atoms with E-state index in [1.165, 1.54) is 25.3 Å². The van der Waals surface area contributed by atoms with Gasteiger partial charge in [-0.3, -0.25) is 4.79 Å². The second-order valence-corrected chi connectivity index (χ2v) is 4.46. The van der Waals surface area contributed by atoms with Crippen LogP contribution in [0.1, 0.15) is 25.8 Å². The third-order valence-corrected chi connectivity index (χ3v) is 2.95. The Morgan fingerprint density at radius 3 is 2.42 bits per heavy atom. The molecule has 0 aliphatic rings. The first kappa shape index (κ1) is 15.6. The summed E-state index contributed by atoms with van der Waals surface area (Å²) in [5.41, 5.74) is 0.0298. The topological polar surface area (TPSA) is 38.3 Å². The monoisotopic (exact) mass is 271 g/mol. The third kappa shape index (κ3) is 4.28. The maximum Gasteiger partial charge on any atom is 0.322 e. The number of methoxy groups -OCH3 is 1. The van der Waals surface area contributed by atoms with Gasteiger partial charge >= 0.3 is 5.97 Å². The van der Waals surface area contributed by atoms with Crippen molar-refractivity contribution in [3.63, 3.8) is 0 Å². The highest BCUT2D eigenvalue weighted by Crippen LogP contribution is 2.14. The minimum absolute atomic E-state index is 0.0298. The number of carbonyl (C=O) groups excluding carboxylic acids is 1. The molecular formula is C14H19F2NO2. The number of halogens is 2. The van der Waals surface area contributed by atoms with Crippen LogP contribution in [0.2, 0.25) is 0 Å². The average Bonchev–Trinajstić information content (AvgIpc) is 2.39. The molecule has 1 rings (SSSR count). The largest absolute Gasteiger partial charge is 0.468 e. The summed E-state index contributed by atoms with van der Waals surface area (Å²) in [5.74, 6) is -1.51. The van der Waals surface area contributed by atoms with Gasteiger partial charge in [-0.2, -0.15) is 0 Å². The molecule has 0 radical (unpaired) electrons. The van der Waals surface area contributed by atoms with Crippen molar-refractivity contribution in [2.45, 2.75) is 38.8 Å². The van der Waals surface area contributed by atoms with E-state index in [9.17, 15) is 13.6 Å². The lowest BCUT2D eigenvalue weighted by Crippen LogP contribution is -2.43. The molecule has 0 amide bonds. The molecule has 106 valence electrons. The van der Waals surface area contributed by atoms with E-state index in [2.05, 4.69) is 10.1 Å². The van der Waals surface area contributed by atoms with E-state index >= 15 is 0 Å². The summed E-state index contributed by atoms with van der Waals surface area (Å²) in [5, 5.41) is 3.01. The summed E-state index contributed by atoms with van der Waals surface area (Å²) >= 11 is 0. The van der Waals surface area contributed by atoms with Crippen molar-refractivity contribution < 1.29 is 18.3 Å². The lowest BCUT2D eigenvalue weighted by Gasteiger charge is -2.20. The van der Waals surface area contributed by atoms with Crippen LogP contribution >= 0.6 is 0 Å². The molecule has 0 fully saturated rings. The van der Waals surface area contributed by atoms with Crippen LogP contribution in [-0.4, -0.2) is 25.2 Å². The molecule has 0 aliphatic heterocycles. The average molecular weight is 271 g/mol. The second-order valence-electron chi connectivity index (χ2n) is 4.46. The number of benzene rings is 1. The Labute approximate surface area is 112 Å².